The van der Waals surface area contributed by atoms with Gasteiger partial charge in [-0.3, -0.25) is 9.89 Å². The van der Waals surface area contributed by atoms with Gasteiger partial charge in [-0.05, 0) is 38.0 Å². The minimum atomic E-state index is 0.509. The van der Waals surface area contributed by atoms with Crippen LogP contribution in [0.4, 0.5) is 0 Å². The first-order chi connectivity index (χ1) is 7.61. The quantitative estimate of drug-likeness (QED) is 0.781. The number of carbonyl (C=O) groups excluding carboxylic acids is 1. The first-order valence-corrected chi connectivity index (χ1v) is 5.20. The fourth-order valence-corrected chi connectivity index (χ4v) is 2.11. The van der Waals surface area contributed by atoms with Gasteiger partial charge in [0.05, 0.1) is 11.4 Å². The molecule has 0 amide bonds. The van der Waals surface area contributed by atoms with Gasteiger partial charge < -0.3 is 0 Å². The molecule has 0 aliphatic heterocycles. The summed E-state index contributed by atoms with van der Waals surface area (Å²) in [6, 6.07) is 6.02. The number of hydrogen-bond donors (Lipinski definition) is 1. The Balaban J connectivity index is 2.59. The van der Waals surface area contributed by atoms with Crippen LogP contribution in [-0.2, 0) is 0 Å². The molecule has 0 aliphatic carbocycles. The summed E-state index contributed by atoms with van der Waals surface area (Å²) in [5.41, 5.74) is 6.05. The SMILES string of the molecule is Cc1cc(C)c(-c2cc(C=O)[nH]n2)c(C)c1. The summed E-state index contributed by atoms with van der Waals surface area (Å²) < 4.78 is 0. The molecule has 2 aromatic rings. The first kappa shape index (κ1) is 10.6. The molecule has 3 heteroatoms. The van der Waals surface area contributed by atoms with Crippen molar-refractivity contribution in [3.8, 4) is 11.3 Å². The van der Waals surface area contributed by atoms with E-state index in [0.29, 0.717) is 5.69 Å². The monoisotopic (exact) mass is 214 g/mol. The molecule has 0 radical (unpaired) electrons. The Labute approximate surface area is 94.5 Å². The number of aromatic nitrogens is 2. The second-order valence-electron chi connectivity index (χ2n) is 4.10. The Hall–Kier alpha value is -1.90. The van der Waals surface area contributed by atoms with Gasteiger partial charge >= 0.3 is 0 Å². The zero-order valence-electron chi connectivity index (χ0n) is 9.66. The van der Waals surface area contributed by atoms with Gasteiger partial charge in [0.15, 0.2) is 6.29 Å². The average Bonchev–Trinajstić information content (AvgIpc) is 2.64. The van der Waals surface area contributed by atoms with Gasteiger partial charge in [-0.1, -0.05) is 17.7 Å². The molecule has 0 aliphatic rings. The van der Waals surface area contributed by atoms with Crippen LogP contribution in [0.15, 0.2) is 18.2 Å². The fourth-order valence-electron chi connectivity index (χ4n) is 2.11. The van der Waals surface area contributed by atoms with Crippen molar-refractivity contribution in [2.75, 3.05) is 0 Å². The molecule has 0 saturated carbocycles. The summed E-state index contributed by atoms with van der Waals surface area (Å²) in [6.07, 6.45) is 0.773. The molecule has 0 fully saturated rings. The summed E-state index contributed by atoms with van der Waals surface area (Å²) in [4.78, 5) is 10.6. The Morgan fingerprint density at radius 3 is 2.25 bits per heavy atom. The number of H-pyrrole nitrogens is 1. The minimum Gasteiger partial charge on any atom is -0.296 e. The average molecular weight is 214 g/mol. The van der Waals surface area contributed by atoms with Crippen molar-refractivity contribution in [1.29, 1.82) is 0 Å². The third-order valence-corrected chi connectivity index (χ3v) is 2.66. The second kappa shape index (κ2) is 3.93. The minimum absolute atomic E-state index is 0.509. The molecule has 0 saturated heterocycles. The van der Waals surface area contributed by atoms with E-state index in [1.165, 1.54) is 16.7 Å². The number of nitrogens with zero attached hydrogens (tertiary/aromatic N) is 1. The largest absolute Gasteiger partial charge is 0.296 e. The molecule has 0 spiro atoms. The number of nitrogens with one attached hydrogen (secondary N) is 1. The summed E-state index contributed by atoms with van der Waals surface area (Å²) in [5, 5.41) is 6.86. The van der Waals surface area contributed by atoms with Gasteiger partial charge in [0.2, 0.25) is 0 Å². The first-order valence-electron chi connectivity index (χ1n) is 5.20. The molecule has 2 rings (SSSR count). The molecular formula is C13H14N2O. The highest BCUT2D eigenvalue weighted by Gasteiger charge is 2.09. The van der Waals surface area contributed by atoms with Gasteiger partial charge in [0.1, 0.15) is 0 Å². The van der Waals surface area contributed by atoms with Gasteiger partial charge in [0, 0.05) is 5.56 Å². The molecule has 1 aromatic carbocycles. The number of hydrogen-bond acceptors (Lipinski definition) is 2. The summed E-state index contributed by atoms with van der Waals surface area (Å²) in [6.45, 7) is 6.19. The van der Waals surface area contributed by atoms with Gasteiger partial charge in [-0.15, -0.1) is 0 Å². The maximum Gasteiger partial charge on any atom is 0.167 e. The normalized spacial score (nSPS) is 10.4. The third kappa shape index (κ3) is 1.76. The van der Waals surface area contributed by atoms with Crippen LogP contribution in [0.1, 0.15) is 27.2 Å². The van der Waals surface area contributed by atoms with Crippen molar-refractivity contribution in [2.24, 2.45) is 0 Å². The topological polar surface area (TPSA) is 45.8 Å². The van der Waals surface area contributed by atoms with E-state index in [-0.39, 0.29) is 0 Å². The van der Waals surface area contributed by atoms with Crippen molar-refractivity contribution in [3.63, 3.8) is 0 Å². The van der Waals surface area contributed by atoms with Gasteiger partial charge in [0.25, 0.3) is 0 Å². The molecule has 1 N–H and O–H groups in total. The van der Waals surface area contributed by atoms with Crippen molar-refractivity contribution in [3.05, 3.63) is 40.6 Å². The van der Waals surface area contributed by atoms with E-state index >= 15 is 0 Å². The number of rotatable bonds is 2. The molecule has 1 aromatic heterocycles. The highest BCUT2D eigenvalue weighted by Crippen LogP contribution is 2.26. The maximum atomic E-state index is 10.6. The van der Waals surface area contributed by atoms with Crippen molar-refractivity contribution in [1.82, 2.24) is 10.2 Å². The van der Waals surface area contributed by atoms with Gasteiger partial charge in [-0.2, -0.15) is 5.10 Å². The number of aldehydes is 1. The molecule has 3 nitrogen and oxygen atoms in total. The fraction of sp³-hybridized carbons (Fsp3) is 0.231. The Morgan fingerprint density at radius 1 is 1.12 bits per heavy atom. The van der Waals surface area contributed by atoms with E-state index in [9.17, 15) is 4.79 Å². The van der Waals surface area contributed by atoms with Crippen LogP contribution in [0.25, 0.3) is 11.3 Å². The van der Waals surface area contributed by atoms with Crippen molar-refractivity contribution >= 4 is 6.29 Å². The van der Waals surface area contributed by atoms with Crippen LogP contribution in [0.5, 0.6) is 0 Å². The van der Waals surface area contributed by atoms with Crippen LogP contribution >= 0.6 is 0 Å². The lowest BCUT2D eigenvalue weighted by Crippen LogP contribution is -1.90. The van der Waals surface area contributed by atoms with Gasteiger partial charge in [-0.25, -0.2) is 0 Å². The van der Waals surface area contributed by atoms with Crippen molar-refractivity contribution in [2.45, 2.75) is 20.8 Å². The standard InChI is InChI=1S/C13H14N2O/c1-8-4-9(2)13(10(3)5-8)12-6-11(7-16)14-15-12/h4-7H,1-3H3,(H,14,15). The van der Waals surface area contributed by atoms with Crippen LogP contribution in [0.2, 0.25) is 0 Å². The number of benzene rings is 1. The van der Waals surface area contributed by atoms with Crippen LogP contribution in [0.3, 0.4) is 0 Å². The molecule has 82 valence electrons. The van der Waals surface area contributed by atoms with Crippen LogP contribution in [-0.4, -0.2) is 16.5 Å². The zero-order chi connectivity index (χ0) is 11.7. The van der Waals surface area contributed by atoms with E-state index < -0.39 is 0 Å². The van der Waals surface area contributed by atoms with E-state index in [2.05, 4.69) is 43.1 Å². The Bertz CT molecular complexity index is 518. The smallest absolute Gasteiger partial charge is 0.167 e. The number of aromatic amines is 1. The molecule has 0 bridgehead atoms. The molecule has 0 atom stereocenters. The number of carbonyl (C=O) groups is 1. The van der Waals surface area contributed by atoms with E-state index in [1.807, 2.05) is 0 Å². The maximum absolute atomic E-state index is 10.6. The highest BCUT2D eigenvalue weighted by molar-refractivity contribution is 5.77. The lowest BCUT2D eigenvalue weighted by atomic mass is 9.97. The number of aryl methyl sites for hydroxylation is 3. The van der Waals surface area contributed by atoms with E-state index in [1.54, 1.807) is 6.07 Å². The highest BCUT2D eigenvalue weighted by atomic mass is 16.1. The lowest BCUT2D eigenvalue weighted by Gasteiger charge is -2.08. The Morgan fingerprint density at radius 2 is 1.75 bits per heavy atom. The summed E-state index contributed by atoms with van der Waals surface area (Å²) in [7, 11) is 0. The van der Waals surface area contributed by atoms with Crippen LogP contribution < -0.4 is 0 Å². The van der Waals surface area contributed by atoms with Crippen LogP contribution in [0, 0.1) is 20.8 Å². The molecule has 1 heterocycles. The van der Waals surface area contributed by atoms with Crippen molar-refractivity contribution < 1.29 is 4.79 Å². The second-order valence-corrected chi connectivity index (χ2v) is 4.10. The summed E-state index contributed by atoms with van der Waals surface area (Å²) >= 11 is 0. The molecular weight excluding hydrogens is 200 g/mol. The Kier molecular flexibility index (Phi) is 2.60. The predicted octanol–water partition coefficient (Wildman–Crippen LogP) is 2.81. The van der Waals surface area contributed by atoms with E-state index in [0.717, 1.165) is 17.5 Å². The molecule has 16 heavy (non-hydrogen) atoms. The predicted molar refractivity (Wildman–Crippen MR) is 63.6 cm³/mol. The third-order valence-electron chi connectivity index (χ3n) is 2.66. The zero-order valence-corrected chi connectivity index (χ0v) is 9.66. The van der Waals surface area contributed by atoms with E-state index in [4.69, 9.17) is 0 Å². The lowest BCUT2D eigenvalue weighted by molar-refractivity contribution is 0.111. The molecule has 0 unspecified atom stereocenters. The summed E-state index contributed by atoms with van der Waals surface area (Å²) in [5.74, 6) is 0.